The van der Waals surface area contributed by atoms with E-state index in [1.165, 1.54) is 0 Å². The Kier molecular flexibility index (Phi) is 12.2. The van der Waals surface area contributed by atoms with Crippen molar-refractivity contribution in [2.75, 3.05) is 13.2 Å². The minimum atomic E-state index is -0.424. The van der Waals surface area contributed by atoms with Crippen LogP contribution < -0.4 is 0 Å². The minimum Gasteiger partial charge on any atom is -0.458 e. The summed E-state index contributed by atoms with van der Waals surface area (Å²) >= 11 is 0. The molecule has 0 N–H and O–H groups in total. The summed E-state index contributed by atoms with van der Waals surface area (Å²) < 4.78 is 9.65. The van der Waals surface area contributed by atoms with E-state index in [0.29, 0.717) is 5.92 Å². The standard InChI is InChI=1S/C18H24O4/c1-4-16(13-9-11-15-22-18(20)6-3)12-8-7-10-14-21-17(19)5-2/h4-7,9-11,16H,1-3,8,12-15H2/b10-7+,11-9-. The van der Waals surface area contributed by atoms with Gasteiger partial charge in [-0.3, -0.25) is 0 Å². The molecule has 0 saturated heterocycles. The number of carbonyl (C=O) groups excluding carboxylic acids is 2. The fraction of sp³-hybridized carbons (Fsp3) is 0.333. The van der Waals surface area contributed by atoms with Crippen LogP contribution in [0.15, 0.2) is 62.3 Å². The van der Waals surface area contributed by atoms with E-state index in [4.69, 9.17) is 9.47 Å². The van der Waals surface area contributed by atoms with Gasteiger partial charge in [0.05, 0.1) is 0 Å². The highest BCUT2D eigenvalue weighted by atomic mass is 16.5. The maximum atomic E-state index is 10.8. The van der Waals surface area contributed by atoms with E-state index in [1.54, 1.807) is 0 Å². The summed E-state index contributed by atoms with van der Waals surface area (Å²) in [6.07, 6.45) is 14.4. The molecule has 1 unspecified atom stereocenters. The molecule has 4 nitrogen and oxygen atoms in total. The summed E-state index contributed by atoms with van der Waals surface area (Å²) in [5.41, 5.74) is 0. The average molecular weight is 304 g/mol. The van der Waals surface area contributed by atoms with Crippen LogP contribution in [0.5, 0.6) is 0 Å². The Hall–Kier alpha value is -2.36. The van der Waals surface area contributed by atoms with Gasteiger partial charge in [0.15, 0.2) is 0 Å². The minimum absolute atomic E-state index is 0.253. The summed E-state index contributed by atoms with van der Waals surface area (Å²) in [5, 5.41) is 0. The highest BCUT2D eigenvalue weighted by Gasteiger charge is 2.00. The summed E-state index contributed by atoms with van der Waals surface area (Å²) in [6.45, 7) is 11.0. The quantitative estimate of drug-likeness (QED) is 0.314. The van der Waals surface area contributed by atoms with Gasteiger partial charge in [0, 0.05) is 12.2 Å². The van der Waals surface area contributed by atoms with Crippen LogP contribution in [0.25, 0.3) is 0 Å². The largest absolute Gasteiger partial charge is 0.458 e. The number of allylic oxidation sites excluding steroid dienone is 3. The molecule has 4 heteroatoms. The van der Waals surface area contributed by atoms with Crippen molar-refractivity contribution in [1.29, 1.82) is 0 Å². The maximum Gasteiger partial charge on any atom is 0.330 e. The lowest BCUT2D eigenvalue weighted by molar-refractivity contribution is -0.137. The molecule has 0 heterocycles. The molecule has 0 fully saturated rings. The molecule has 0 aromatic carbocycles. The fourth-order valence-electron chi connectivity index (χ4n) is 1.55. The van der Waals surface area contributed by atoms with E-state index < -0.39 is 11.9 Å². The van der Waals surface area contributed by atoms with Gasteiger partial charge in [-0.15, -0.1) is 6.58 Å². The normalized spacial score (nSPS) is 12.0. The molecule has 0 aliphatic rings. The van der Waals surface area contributed by atoms with Crippen LogP contribution in [-0.2, 0) is 19.1 Å². The lowest BCUT2D eigenvalue weighted by Gasteiger charge is -2.07. The van der Waals surface area contributed by atoms with Crippen molar-refractivity contribution in [2.45, 2.75) is 19.3 Å². The Morgan fingerprint density at radius 3 is 1.91 bits per heavy atom. The Balaban J connectivity index is 3.80. The van der Waals surface area contributed by atoms with E-state index in [9.17, 15) is 9.59 Å². The molecule has 0 bridgehead atoms. The molecular weight excluding hydrogens is 280 g/mol. The lowest BCUT2D eigenvalue weighted by atomic mass is 9.99. The van der Waals surface area contributed by atoms with Crippen LogP contribution in [0.1, 0.15) is 19.3 Å². The Morgan fingerprint density at radius 2 is 1.41 bits per heavy atom. The van der Waals surface area contributed by atoms with Gasteiger partial charge in [0.1, 0.15) is 13.2 Å². The summed E-state index contributed by atoms with van der Waals surface area (Å²) in [6, 6.07) is 0. The predicted molar refractivity (Wildman–Crippen MR) is 88.1 cm³/mol. The molecule has 120 valence electrons. The van der Waals surface area contributed by atoms with Crippen molar-refractivity contribution in [2.24, 2.45) is 5.92 Å². The van der Waals surface area contributed by atoms with Gasteiger partial charge in [-0.05, 0) is 25.2 Å². The summed E-state index contributed by atoms with van der Waals surface area (Å²) in [5.74, 6) is -0.491. The monoisotopic (exact) mass is 304 g/mol. The second-order valence-electron chi connectivity index (χ2n) is 4.42. The molecule has 0 radical (unpaired) electrons. The van der Waals surface area contributed by atoms with Gasteiger partial charge >= 0.3 is 11.9 Å². The van der Waals surface area contributed by atoms with Crippen LogP contribution >= 0.6 is 0 Å². The third-order valence-electron chi connectivity index (χ3n) is 2.79. The third-order valence-corrected chi connectivity index (χ3v) is 2.79. The molecule has 0 spiro atoms. The van der Waals surface area contributed by atoms with Crippen molar-refractivity contribution in [3.05, 3.63) is 62.3 Å². The SMILES string of the molecule is C=CC(=O)OC/C=C\CC(C=C)CC/C=C/COC(=O)C=C. The Bertz CT molecular complexity index is 432. The predicted octanol–water partition coefficient (Wildman–Crippen LogP) is 3.53. The average Bonchev–Trinajstić information content (AvgIpc) is 2.54. The van der Waals surface area contributed by atoms with Gasteiger partial charge < -0.3 is 9.47 Å². The number of hydrogen-bond acceptors (Lipinski definition) is 4. The molecule has 0 aromatic rings. The van der Waals surface area contributed by atoms with Crippen LogP contribution in [0.3, 0.4) is 0 Å². The third kappa shape index (κ3) is 11.5. The zero-order chi connectivity index (χ0) is 16.6. The highest BCUT2D eigenvalue weighted by Crippen LogP contribution is 2.13. The molecule has 22 heavy (non-hydrogen) atoms. The molecule has 0 aliphatic carbocycles. The van der Waals surface area contributed by atoms with Gasteiger partial charge in [0.25, 0.3) is 0 Å². The first-order valence-corrected chi connectivity index (χ1v) is 7.15. The first-order chi connectivity index (χ1) is 10.6. The number of esters is 2. The first-order valence-electron chi connectivity index (χ1n) is 7.15. The number of carbonyl (C=O) groups is 2. The Labute approximate surface area is 132 Å². The van der Waals surface area contributed by atoms with E-state index in [1.807, 2.05) is 30.4 Å². The molecule has 0 amide bonds. The van der Waals surface area contributed by atoms with Crippen LogP contribution in [0.2, 0.25) is 0 Å². The van der Waals surface area contributed by atoms with Crippen LogP contribution in [0.4, 0.5) is 0 Å². The number of rotatable bonds is 12. The van der Waals surface area contributed by atoms with Gasteiger partial charge in [-0.25, -0.2) is 9.59 Å². The number of hydrogen-bond donors (Lipinski definition) is 0. The molecule has 1 atom stereocenters. The van der Waals surface area contributed by atoms with Crippen molar-refractivity contribution in [1.82, 2.24) is 0 Å². The topological polar surface area (TPSA) is 52.6 Å². The van der Waals surface area contributed by atoms with Crippen molar-refractivity contribution in [3.63, 3.8) is 0 Å². The first kappa shape index (κ1) is 19.6. The number of ether oxygens (including phenoxy) is 2. The van der Waals surface area contributed by atoms with Gasteiger partial charge in [0.2, 0.25) is 0 Å². The summed E-state index contributed by atoms with van der Waals surface area (Å²) in [4.78, 5) is 21.6. The second-order valence-corrected chi connectivity index (χ2v) is 4.42. The maximum absolute atomic E-state index is 10.8. The van der Waals surface area contributed by atoms with E-state index in [-0.39, 0.29) is 13.2 Å². The molecular formula is C18H24O4. The van der Waals surface area contributed by atoms with Gasteiger partial charge in [-0.1, -0.05) is 43.5 Å². The van der Waals surface area contributed by atoms with E-state index in [0.717, 1.165) is 31.4 Å². The van der Waals surface area contributed by atoms with Crippen molar-refractivity contribution < 1.29 is 19.1 Å². The van der Waals surface area contributed by atoms with Crippen LogP contribution in [0, 0.1) is 5.92 Å². The molecule has 0 saturated carbocycles. The van der Waals surface area contributed by atoms with Crippen molar-refractivity contribution >= 4 is 11.9 Å². The zero-order valence-corrected chi connectivity index (χ0v) is 12.9. The van der Waals surface area contributed by atoms with E-state index in [2.05, 4.69) is 19.7 Å². The second kappa shape index (κ2) is 13.6. The molecule has 0 aliphatic heterocycles. The lowest BCUT2D eigenvalue weighted by Crippen LogP contribution is -2.00. The summed E-state index contributed by atoms with van der Waals surface area (Å²) in [7, 11) is 0. The van der Waals surface area contributed by atoms with E-state index >= 15 is 0 Å². The molecule has 0 aromatic heterocycles. The molecule has 0 rings (SSSR count). The smallest absolute Gasteiger partial charge is 0.330 e. The van der Waals surface area contributed by atoms with Crippen molar-refractivity contribution in [3.8, 4) is 0 Å². The zero-order valence-electron chi connectivity index (χ0n) is 12.9. The van der Waals surface area contributed by atoms with Crippen LogP contribution in [-0.4, -0.2) is 25.2 Å². The fourth-order valence-corrected chi connectivity index (χ4v) is 1.55. The Morgan fingerprint density at radius 1 is 0.864 bits per heavy atom. The highest BCUT2D eigenvalue weighted by molar-refractivity contribution is 5.81. The van der Waals surface area contributed by atoms with Gasteiger partial charge in [-0.2, -0.15) is 0 Å².